The van der Waals surface area contributed by atoms with Gasteiger partial charge in [-0.2, -0.15) is 17.5 Å². The first-order valence-electron chi connectivity index (χ1n) is 11.5. The van der Waals surface area contributed by atoms with Gasteiger partial charge in [0.2, 0.25) is 20.0 Å². The van der Waals surface area contributed by atoms with Gasteiger partial charge >= 0.3 is 6.18 Å². The molecular weight excluding hydrogens is 551 g/mol. The highest BCUT2D eigenvalue weighted by Gasteiger charge is 2.51. The average Bonchev–Trinajstić information content (AvgIpc) is 2.82. The molecule has 37 heavy (non-hydrogen) atoms. The van der Waals surface area contributed by atoms with Crippen molar-refractivity contribution in [2.75, 3.05) is 26.2 Å². The summed E-state index contributed by atoms with van der Waals surface area (Å²) in [5, 5.41) is 12.4. The van der Waals surface area contributed by atoms with E-state index in [0.29, 0.717) is 18.9 Å². The van der Waals surface area contributed by atoms with Crippen LogP contribution in [0.25, 0.3) is 0 Å². The molecule has 206 valence electrons. The van der Waals surface area contributed by atoms with Gasteiger partial charge in [0.25, 0.3) is 0 Å². The summed E-state index contributed by atoms with van der Waals surface area (Å²) in [7, 11) is -7.80. The van der Waals surface area contributed by atoms with Crippen LogP contribution in [0.3, 0.4) is 0 Å². The molecule has 8 nitrogen and oxygen atoms in total. The average molecular weight is 582 g/mol. The number of rotatable bonds is 8. The van der Waals surface area contributed by atoms with Crippen LogP contribution in [-0.4, -0.2) is 68.7 Å². The molecule has 14 heteroatoms. The number of nitrogens with zero attached hydrogens (tertiary/aromatic N) is 1. The molecule has 1 saturated heterocycles. The summed E-state index contributed by atoms with van der Waals surface area (Å²) in [5.41, 5.74) is -4.49. The topological polar surface area (TPSA) is 116 Å². The minimum atomic E-state index is -4.92. The van der Waals surface area contributed by atoms with E-state index in [0.717, 1.165) is 12.1 Å². The number of thiocarbonyl (C=S) groups is 1. The molecule has 0 saturated carbocycles. The Morgan fingerprint density at radius 3 is 2.35 bits per heavy atom. The van der Waals surface area contributed by atoms with Crippen molar-refractivity contribution in [2.45, 2.75) is 49.8 Å². The monoisotopic (exact) mass is 581 g/mol. The second-order valence-electron chi connectivity index (χ2n) is 9.50. The van der Waals surface area contributed by atoms with Crippen LogP contribution in [-0.2, 0) is 31.2 Å². The predicted octanol–water partition coefficient (Wildman–Crippen LogP) is 2.43. The predicted molar refractivity (Wildman–Crippen MR) is 139 cm³/mol. The van der Waals surface area contributed by atoms with Crippen LogP contribution in [0.15, 0.2) is 47.4 Å². The summed E-state index contributed by atoms with van der Waals surface area (Å²) >= 11 is 5.25. The van der Waals surface area contributed by atoms with Crippen LogP contribution in [0.1, 0.15) is 38.3 Å². The molecule has 0 aromatic heterocycles. The third kappa shape index (κ3) is 6.00. The van der Waals surface area contributed by atoms with Gasteiger partial charge in [-0.1, -0.05) is 48.6 Å². The Morgan fingerprint density at radius 1 is 1.19 bits per heavy atom. The summed E-state index contributed by atoms with van der Waals surface area (Å²) < 4.78 is 95.8. The van der Waals surface area contributed by atoms with Crippen LogP contribution in [0.5, 0.6) is 0 Å². The zero-order valence-corrected chi connectivity index (χ0v) is 23.0. The number of hydrogen-bond acceptors (Lipinski definition) is 7. The Bertz CT molecular complexity index is 1310. The van der Waals surface area contributed by atoms with E-state index in [4.69, 9.17) is 12.2 Å². The number of benzene rings is 1. The highest BCUT2D eigenvalue weighted by molar-refractivity contribution is 7.96. The molecule has 2 atom stereocenters. The van der Waals surface area contributed by atoms with Crippen molar-refractivity contribution < 1.29 is 35.1 Å². The lowest BCUT2D eigenvalue weighted by Crippen LogP contribution is -2.64. The molecule has 1 aromatic rings. The normalized spacial score (nSPS) is 23.7. The van der Waals surface area contributed by atoms with Gasteiger partial charge in [-0.15, -0.1) is 0 Å². The van der Waals surface area contributed by atoms with Crippen molar-refractivity contribution in [3.63, 3.8) is 0 Å². The second-order valence-corrected chi connectivity index (χ2v) is 14.2. The molecule has 1 fully saturated rings. The Morgan fingerprint density at radius 2 is 1.81 bits per heavy atom. The van der Waals surface area contributed by atoms with Gasteiger partial charge in [0.05, 0.1) is 15.7 Å². The summed E-state index contributed by atoms with van der Waals surface area (Å²) in [5.74, 6) is 0. The van der Waals surface area contributed by atoms with Gasteiger partial charge < -0.3 is 10.4 Å². The zero-order chi connectivity index (χ0) is 27.9. The Kier molecular flexibility index (Phi) is 8.45. The number of allylic oxidation sites excluding steroid dienone is 4. The van der Waals surface area contributed by atoms with Gasteiger partial charge in [-0.25, -0.2) is 21.6 Å². The van der Waals surface area contributed by atoms with Crippen LogP contribution in [0, 0.1) is 0 Å². The summed E-state index contributed by atoms with van der Waals surface area (Å²) in [6.45, 7) is 3.34. The number of aliphatic hydroxyl groups is 1. The van der Waals surface area contributed by atoms with E-state index < -0.39 is 48.2 Å². The number of hydrogen-bond donors (Lipinski definition) is 3. The zero-order valence-electron chi connectivity index (χ0n) is 20.5. The fraction of sp³-hybridized carbons (Fsp3) is 0.522. The molecule has 1 unspecified atom stereocenters. The second kappa shape index (κ2) is 10.5. The smallest absolute Gasteiger partial charge is 0.376 e. The summed E-state index contributed by atoms with van der Waals surface area (Å²) in [6.07, 6.45) is 0.127. The third-order valence-corrected chi connectivity index (χ3v) is 10.8. The van der Waals surface area contributed by atoms with Crippen molar-refractivity contribution in [1.29, 1.82) is 0 Å². The highest BCUT2D eigenvalue weighted by atomic mass is 32.2. The standard InChI is InChI=1S/C23H30F3N3O5S3/c1-16(2)36(31,32)28-14-22(18-10-8-17(9-11-18)21(3,30)23(24,25)26)15-29(13-12-27-22)37(33,34)20-7-5-4-6-19(20)35/h4-5,7-11,16,27-28,30H,6,12-15H2,1-3H3/t21?,22-/m0/s1. The van der Waals surface area contributed by atoms with E-state index in [1.54, 1.807) is 12.2 Å². The lowest BCUT2D eigenvalue weighted by molar-refractivity contribution is -0.258. The fourth-order valence-electron chi connectivity index (χ4n) is 4.04. The minimum absolute atomic E-state index is 0.0138. The Labute approximate surface area is 220 Å². The molecule has 3 N–H and O–H groups in total. The van der Waals surface area contributed by atoms with Gasteiger partial charge in [0, 0.05) is 37.5 Å². The van der Waals surface area contributed by atoms with Crippen LogP contribution in [0.2, 0.25) is 0 Å². The summed E-state index contributed by atoms with van der Waals surface area (Å²) in [4.78, 5) is 0.242. The Balaban J connectivity index is 2.04. The number of halogens is 3. The molecule has 0 radical (unpaired) electrons. The largest absolute Gasteiger partial charge is 0.421 e. The van der Waals surface area contributed by atoms with E-state index >= 15 is 0 Å². The maximum absolute atomic E-state index is 13.5. The molecule has 0 bridgehead atoms. The fourth-order valence-corrected chi connectivity index (χ4v) is 6.92. The third-order valence-electron chi connectivity index (χ3n) is 6.60. The van der Waals surface area contributed by atoms with Crippen molar-refractivity contribution in [3.05, 3.63) is 58.5 Å². The van der Waals surface area contributed by atoms with E-state index in [-0.39, 0.29) is 35.9 Å². The first kappa shape index (κ1) is 29.9. The van der Waals surface area contributed by atoms with Gasteiger partial charge in [-0.3, -0.25) is 0 Å². The van der Waals surface area contributed by atoms with Crippen LogP contribution in [0.4, 0.5) is 13.2 Å². The SMILES string of the molecule is CC(C)S(=O)(=O)NC[C@@]1(c2ccc(C(C)(O)C(F)(F)F)cc2)CN(S(=O)(=O)C2=CC=CCC2=S)CCN1. The van der Waals surface area contributed by atoms with Gasteiger partial charge in [-0.05, 0) is 38.0 Å². The lowest BCUT2D eigenvalue weighted by atomic mass is 9.85. The van der Waals surface area contributed by atoms with Crippen LogP contribution >= 0.6 is 12.2 Å². The molecular formula is C23H30F3N3O5S3. The number of nitrogens with one attached hydrogen (secondary N) is 2. The first-order valence-corrected chi connectivity index (χ1v) is 14.9. The number of alkyl halides is 3. The number of piperazine rings is 1. The quantitative estimate of drug-likeness (QED) is 0.404. The number of sulfonamides is 2. The van der Waals surface area contributed by atoms with Crippen molar-refractivity contribution in [2.24, 2.45) is 0 Å². The first-order chi connectivity index (χ1) is 16.9. The van der Waals surface area contributed by atoms with Crippen molar-refractivity contribution >= 4 is 37.1 Å². The summed E-state index contributed by atoms with van der Waals surface area (Å²) in [6, 6.07) is 4.85. The molecule has 1 heterocycles. The van der Waals surface area contributed by atoms with E-state index in [9.17, 15) is 35.1 Å². The molecule has 1 aliphatic carbocycles. The van der Waals surface area contributed by atoms with Gasteiger partial charge in [0.15, 0.2) is 5.60 Å². The lowest BCUT2D eigenvalue weighted by Gasteiger charge is -2.44. The van der Waals surface area contributed by atoms with Crippen molar-refractivity contribution in [3.8, 4) is 0 Å². The van der Waals surface area contributed by atoms with Crippen molar-refractivity contribution in [1.82, 2.24) is 14.3 Å². The molecule has 3 rings (SSSR count). The maximum atomic E-state index is 13.5. The molecule has 0 spiro atoms. The van der Waals surface area contributed by atoms with Gasteiger partial charge in [0.1, 0.15) is 0 Å². The van der Waals surface area contributed by atoms with E-state index in [1.807, 2.05) is 0 Å². The minimum Gasteiger partial charge on any atom is -0.376 e. The Hall–Kier alpha value is -1.68. The maximum Gasteiger partial charge on any atom is 0.421 e. The van der Waals surface area contributed by atoms with E-state index in [2.05, 4.69) is 10.0 Å². The van der Waals surface area contributed by atoms with E-state index in [1.165, 1.54) is 36.4 Å². The highest BCUT2D eigenvalue weighted by Crippen LogP contribution is 2.39. The molecule has 1 aromatic carbocycles. The van der Waals surface area contributed by atoms with Crippen LogP contribution < -0.4 is 10.0 Å². The molecule has 2 aliphatic rings. The molecule has 1 aliphatic heterocycles. The molecule has 0 amide bonds.